The van der Waals surface area contributed by atoms with Crippen LogP contribution in [-0.2, 0) is 9.59 Å². The van der Waals surface area contributed by atoms with Crippen LogP contribution >= 0.6 is 0 Å². The van der Waals surface area contributed by atoms with Crippen LogP contribution in [-0.4, -0.2) is 34.5 Å². The molecule has 1 fully saturated rings. The van der Waals surface area contributed by atoms with Gasteiger partial charge in [0.25, 0.3) is 0 Å². The molecule has 6 nitrogen and oxygen atoms in total. The first-order chi connectivity index (χ1) is 18.0. The maximum atomic E-state index is 14.2. The van der Waals surface area contributed by atoms with Gasteiger partial charge in [-0.05, 0) is 43.7 Å². The SMILES string of the molecule is Cc1cc(C(C(=O)N2CCCC2C(=O)NC(C)c2ccc(-c3c(F)c(F)cc(F)c3F)cc2)C(C)C)on1. The summed E-state index contributed by atoms with van der Waals surface area (Å²) >= 11 is 0. The fraction of sp³-hybridized carbons (Fsp3) is 0.393. The van der Waals surface area contributed by atoms with Gasteiger partial charge in [0.2, 0.25) is 11.8 Å². The van der Waals surface area contributed by atoms with Gasteiger partial charge in [0.15, 0.2) is 23.3 Å². The summed E-state index contributed by atoms with van der Waals surface area (Å²) in [6, 6.07) is 6.41. The summed E-state index contributed by atoms with van der Waals surface area (Å²) in [5, 5.41) is 6.79. The average molecular weight is 532 g/mol. The van der Waals surface area contributed by atoms with Gasteiger partial charge in [0.1, 0.15) is 17.7 Å². The molecule has 38 heavy (non-hydrogen) atoms. The molecule has 1 aliphatic heterocycles. The second kappa shape index (κ2) is 11.0. The highest BCUT2D eigenvalue weighted by Gasteiger charge is 2.40. The number of benzene rings is 2. The molecule has 0 spiro atoms. The number of likely N-dealkylation sites (tertiary alicyclic amines) is 1. The molecular weight excluding hydrogens is 502 g/mol. The van der Waals surface area contributed by atoms with E-state index >= 15 is 0 Å². The van der Waals surface area contributed by atoms with Crippen molar-refractivity contribution < 1.29 is 31.7 Å². The number of halogens is 4. The highest BCUT2D eigenvalue weighted by Crippen LogP contribution is 2.32. The summed E-state index contributed by atoms with van der Waals surface area (Å²) in [6.45, 7) is 7.77. The largest absolute Gasteiger partial charge is 0.360 e. The molecule has 2 aromatic carbocycles. The third kappa shape index (κ3) is 5.30. The lowest BCUT2D eigenvalue weighted by molar-refractivity contribution is -0.141. The molecule has 1 aromatic heterocycles. The molecule has 0 saturated carbocycles. The molecule has 1 aliphatic rings. The highest BCUT2D eigenvalue weighted by molar-refractivity contribution is 5.91. The Morgan fingerprint density at radius 1 is 1.03 bits per heavy atom. The van der Waals surface area contributed by atoms with Crippen LogP contribution in [0.3, 0.4) is 0 Å². The molecule has 10 heteroatoms. The van der Waals surface area contributed by atoms with E-state index in [1.807, 2.05) is 13.8 Å². The minimum atomic E-state index is -1.49. The Morgan fingerprint density at radius 2 is 1.66 bits per heavy atom. The molecule has 3 unspecified atom stereocenters. The lowest BCUT2D eigenvalue weighted by atomic mass is 9.91. The maximum Gasteiger partial charge on any atom is 0.243 e. The van der Waals surface area contributed by atoms with Crippen molar-refractivity contribution in [1.82, 2.24) is 15.4 Å². The van der Waals surface area contributed by atoms with E-state index in [0.717, 1.165) is 0 Å². The highest BCUT2D eigenvalue weighted by atomic mass is 19.2. The van der Waals surface area contributed by atoms with Crippen LogP contribution in [0.4, 0.5) is 17.6 Å². The zero-order valence-corrected chi connectivity index (χ0v) is 21.5. The van der Waals surface area contributed by atoms with Gasteiger partial charge in [0, 0.05) is 18.7 Å². The lowest BCUT2D eigenvalue weighted by Crippen LogP contribution is -2.48. The normalized spacial score (nSPS) is 17.1. The van der Waals surface area contributed by atoms with Gasteiger partial charge in [-0.25, -0.2) is 17.6 Å². The van der Waals surface area contributed by atoms with Gasteiger partial charge >= 0.3 is 0 Å². The minimum absolute atomic E-state index is 0.0457. The van der Waals surface area contributed by atoms with Crippen molar-refractivity contribution in [3.63, 3.8) is 0 Å². The van der Waals surface area contributed by atoms with E-state index in [-0.39, 0.29) is 29.4 Å². The van der Waals surface area contributed by atoms with Gasteiger partial charge in [-0.15, -0.1) is 0 Å². The molecule has 1 saturated heterocycles. The number of hydrogen-bond donors (Lipinski definition) is 1. The van der Waals surface area contributed by atoms with Crippen molar-refractivity contribution in [1.29, 1.82) is 0 Å². The van der Waals surface area contributed by atoms with E-state index < -0.39 is 46.8 Å². The molecule has 1 N–H and O–H groups in total. The van der Waals surface area contributed by atoms with E-state index in [0.29, 0.717) is 36.4 Å². The molecule has 2 heterocycles. The number of nitrogens with zero attached hydrogens (tertiary/aromatic N) is 2. The topological polar surface area (TPSA) is 75.4 Å². The van der Waals surface area contributed by atoms with E-state index in [9.17, 15) is 27.2 Å². The number of aryl methyl sites for hydroxylation is 1. The van der Waals surface area contributed by atoms with Crippen molar-refractivity contribution in [3.8, 4) is 11.1 Å². The number of carbonyl (C=O) groups excluding carboxylic acids is 2. The van der Waals surface area contributed by atoms with Crippen molar-refractivity contribution in [2.75, 3.05) is 6.54 Å². The summed E-state index contributed by atoms with van der Waals surface area (Å²) in [7, 11) is 0. The number of rotatable bonds is 7. The Balaban J connectivity index is 1.48. The molecule has 202 valence electrons. The monoisotopic (exact) mass is 531 g/mol. The minimum Gasteiger partial charge on any atom is -0.360 e. The summed E-state index contributed by atoms with van der Waals surface area (Å²) in [5.41, 5.74) is 0.429. The smallest absolute Gasteiger partial charge is 0.243 e. The lowest BCUT2D eigenvalue weighted by Gasteiger charge is -2.29. The van der Waals surface area contributed by atoms with E-state index in [4.69, 9.17) is 4.52 Å². The Morgan fingerprint density at radius 3 is 2.21 bits per heavy atom. The molecule has 0 radical (unpaired) electrons. The van der Waals surface area contributed by atoms with Crippen LogP contribution in [0.15, 0.2) is 40.9 Å². The van der Waals surface area contributed by atoms with E-state index in [2.05, 4.69) is 10.5 Å². The standard InChI is InChI=1S/C28H29F4N3O3/c1-14(2)23(22-12-15(3)34-38-22)28(37)35-11-5-6-21(35)27(36)33-16(4)17-7-9-18(10-8-17)24-25(31)19(29)13-20(30)26(24)32/h7-10,12-14,16,21,23H,5-6,11H2,1-4H3,(H,33,36). The first-order valence-corrected chi connectivity index (χ1v) is 12.5. The van der Waals surface area contributed by atoms with Gasteiger partial charge < -0.3 is 14.7 Å². The number of aromatic nitrogens is 1. The summed E-state index contributed by atoms with van der Waals surface area (Å²) in [5.74, 6) is -6.64. The molecular formula is C28H29F4N3O3. The number of carbonyl (C=O) groups is 2. The molecule has 0 bridgehead atoms. The van der Waals surface area contributed by atoms with Crippen LogP contribution in [0.5, 0.6) is 0 Å². The fourth-order valence-corrected chi connectivity index (χ4v) is 4.90. The second-order valence-electron chi connectivity index (χ2n) is 9.98. The Hall–Kier alpha value is -3.69. The van der Waals surface area contributed by atoms with Crippen LogP contribution in [0.25, 0.3) is 11.1 Å². The zero-order valence-electron chi connectivity index (χ0n) is 21.5. The summed E-state index contributed by atoms with van der Waals surface area (Å²) < 4.78 is 60.9. The quantitative estimate of drug-likeness (QED) is 0.308. The van der Waals surface area contributed by atoms with Crippen molar-refractivity contribution in [3.05, 3.63) is 76.7 Å². The Kier molecular flexibility index (Phi) is 7.89. The van der Waals surface area contributed by atoms with Crippen LogP contribution in [0.2, 0.25) is 0 Å². The van der Waals surface area contributed by atoms with Crippen LogP contribution in [0.1, 0.15) is 62.6 Å². The number of nitrogens with one attached hydrogen (secondary N) is 1. The van der Waals surface area contributed by atoms with Crippen molar-refractivity contribution in [2.24, 2.45) is 5.92 Å². The predicted molar refractivity (Wildman–Crippen MR) is 132 cm³/mol. The van der Waals surface area contributed by atoms with Gasteiger partial charge in [-0.2, -0.15) is 0 Å². The van der Waals surface area contributed by atoms with Crippen LogP contribution < -0.4 is 5.32 Å². The molecule has 3 aromatic rings. The van der Waals surface area contributed by atoms with Crippen LogP contribution in [0, 0.1) is 36.1 Å². The predicted octanol–water partition coefficient (Wildman–Crippen LogP) is 5.81. The Bertz CT molecular complexity index is 1310. The first-order valence-electron chi connectivity index (χ1n) is 12.5. The fourth-order valence-electron chi connectivity index (χ4n) is 4.90. The van der Waals surface area contributed by atoms with E-state index in [1.54, 1.807) is 24.8 Å². The number of amides is 2. The summed E-state index contributed by atoms with van der Waals surface area (Å²) in [6.07, 6.45) is 1.18. The zero-order chi connectivity index (χ0) is 27.7. The van der Waals surface area contributed by atoms with E-state index in [1.165, 1.54) is 24.3 Å². The maximum absolute atomic E-state index is 14.2. The van der Waals surface area contributed by atoms with Gasteiger partial charge in [-0.3, -0.25) is 9.59 Å². The number of hydrogen-bond acceptors (Lipinski definition) is 4. The Labute approximate surface area is 218 Å². The average Bonchev–Trinajstić information content (AvgIpc) is 3.52. The molecule has 3 atom stereocenters. The third-order valence-electron chi connectivity index (χ3n) is 6.89. The van der Waals surface area contributed by atoms with Gasteiger partial charge in [-0.1, -0.05) is 43.3 Å². The van der Waals surface area contributed by atoms with Crippen molar-refractivity contribution in [2.45, 2.75) is 58.5 Å². The second-order valence-corrected chi connectivity index (χ2v) is 9.98. The third-order valence-corrected chi connectivity index (χ3v) is 6.89. The molecule has 2 amide bonds. The summed E-state index contributed by atoms with van der Waals surface area (Å²) in [4.78, 5) is 28.3. The first kappa shape index (κ1) is 27.3. The van der Waals surface area contributed by atoms with Crippen molar-refractivity contribution >= 4 is 11.8 Å². The van der Waals surface area contributed by atoms with Gasteiger partial charge in [0.05, 0.1) is 17.3 Å². The molecule has 0 aliphatic carbocycles. The molecule has 4 rings (SSSR count).